The Balaban J connectivity index is 2.24. The summed E-state index contributed by atoms with van der Waals surface area (Å²) in [5.41, 5.74) is 1.44. The van der Waals surface area contributed by atoms with Crippen molar-refractivity contribution < 1.29 is 9.90 Å². The highest BCUT2D eigenvalue weighted by atomic mass is 79.9. The minimum absolute atomic E-state index is 0.415. The van der Waals surface area contributed by atoms with Crippen LogP contribution in [0.1, 0.15) is 11.1 Å². The van der Waals surface area contributed by atoms with E-state index in [4.69, 9.17) is 0 Å². The molecule has 5 heteroatoms. The number of thioether (sulfide) groups is 1. The van der Waals surface area contributed by atoms with Crippen LogP contribution in [-0.2, 0) is 11.2 Å². The second kappa shape index (κ2) is 7.30. The molecule has 106 valence electrons. The van der Waals surface area contributed by atoms with E-state index in [2.05, 4.69) is 22.0 Å². The summed E-state index contributed by atoms with van der Waals surface area (Å²) in [6.45, 7) is 0. The number of carboxylic acid groups (broad SMARTS) is 1. The number of aliphatic carboxylic acids is 1. The summed E-state index contributed by atoms with van der Waals surface area (Å²) in [6.07, 6.45) is 0.415. The predicted octanol–water partition coefficient (Wildman–Crippen LogP) is 4.11. The largest absolute Gasteiger partial charge is 0.480 e. The van der Waals surface area contributed by atoms with Crippen molar-refractivity contribution in [2.45, 2.75) is 16.6 Å². The number of halogens is 1. The minimum Gasteiger partial charge on any atom is -0.480 e. The summed E-state index contributed by atoms with van der Waals surface area (Å²) < 4.78 is 0.679. The Morgan fingerprint density at radius 3 is 2.57 bits per heavy atom. The van der Waals surface area contributed by atoms with Crippen molar-refractivity contribution in [1.29, 1.82) is 5.26 Å². The van der Waals surface area contributed by atoms with Crippen LogP contribution in [0, 0.1) is 11.3 Å². The Morgan fingerprint density at radius 1 is 1.24 bits per heavy atom. The van der Waals surface area contributed by atoms with Gasteiger partial charge in [0.25, 0.3) is 0 Å². The minimum atomic E-state index is -0.882. The Bertz CT molecular complexity index is 682. The van der Waals surface area contributed by atoms with E-state index in [-0.39, 0.29) is 0 Å². The van der Waals surface area contributed by atoms with E-state index < -0.39 is 11.2 Å². The molecule has 2 aromatic carbocycles. The van der Waals surface area contributed by atoms with E-state index >= 15 is 0 Å². The van der Waals surface area contributed by atoms with E-state index in [0.29, 0.717) is 21.4 Å². The van der Waals surface area contributed by atoms with Gasteiger partial charge < -0.3 is 5.11 Å². The van der Waals surface area contributed by atoms with Crippen LogP contribution in [0.15, 0.2) is 57.9 Å². The first-order valence-corrected chi connectivity index (χ1v) is 7.91. The van der Waals surface area contributed by atoms with Crippen LogP contribution < -0.4 is 0 Å². The van der Waals surface area contributed by atoms with Gasteiger partial charge in [-0.25, -0.2) is 0 Å². The number of hydrogen-bond acceptors (Lipinski definition) is 3. The van der Waals surface area contributed by atoms with Crippen molar-refractivity contribution in [1.82, 2.24) is 0 Å². The first kappa shape index (κ1) is 15.6. The zero-order valence-corrected chi connectivity index (χ0v) is 13.4. The molecule has 0 aliphatic rings. The normalized spacial score (nSPS) is 11.6. The smallest absolute Gasteiger partial charge is 0.317 e. The molecule has 0 spiro atoms. The molecule has 3 nitrogen and oxygen atoms in total. The van der Waals surface area contributed by atoms with Gasteiger partial charge in [-0.2, -0.15) is 5.26 Å². The van der Waals surface area contributed by atoms with Crippen LogP contribution >= 0.6 is 27.7 Å². The SMILES string of the molecule is N#Cc1c(Br)cccc1SC(Cc1ccccc1)C(=O)O. The lowest BCUT2D eigenvalue weighted by Crippen LogP contribution is -2.19. The van der Waals surface area contributed by atoms with E-state index in [1.165, 1.54) is 11.8 Å². The summed E-state index contributed by atoms with van der Waals surface area (Å²) in [4.78, 5) is 12.2. The molecule has 2 rings (SSSR count). The van der Waals surface area contributed by atoms with Gasteiger partial charge in [-0.3, -0.25) is 4.79 Å². The Hall–Kier alpha value is -1.77. The first-order valence-electron chi connectivity index (χ1n) is 6.24. The lowest BCUT2D eigenvalue weighted by atomic mass is 10.1. The summed E-state index contributed by atoms with van der Waals surface area (Å²) >= 11 is 4.52. The third-order valence-corrected chi connectivity index (χ3v) is 4.80. The van der Waals surface area contributed by atoms with Crippen LogP contribution in [-0.4, -0.2) is 16.3 Å². The van der Waals surface area contributed by atoms with Gasteiger partial charge in [0.1, 0.15) is 11.3 Å². The molecule has 1 atom stereocenters. The third kappa shape index (κ3) is 4.10. The molecule has 1 unspecified atom stereocenters. The van der Waals surface area contributed by atoms with Crippen LogP contribution in [0.3, 0.4) is 0 Å². The number of nitrogens with zero attached hydrogens (tertiary/aromatic N) is 1. The van der Waals surface area contributed by atoms with Gasteiger partial charge >= 0.3 is 5.97 Å². The quantitative estimate of drug-likeness (QED) is 0.814. The highest BCUT2D eigenvalue weighted by Crippen LogP contribution is 2.32. The van der Waals surface area contributed by atoms with Crippen molar-refractivity contribution in [2.24, 2.45) is 0 Å². The summed E-state index contributed by atoms with van der Waals surface area (Å²) in [5.74, 6) is -0.882. The van der Waals surface area contributed by atoms with Gasteiger partial charge in [0, 0.05) is 9.37 Å². The Kier molecular flexibility index (Phi) is 5.43. The molecule has 0 saturated carbocycles. The first-order chi connectivity index (χ1) is 10.1. The molecule has 0 saturated heterocycles. The molecule has 1 N–H and O–H groups in total. The van der Waals surface area contributed by atoms with Crippen molar-refractivity contribution in [3.05, 3.63) is 64.1 Å². The van der Waals surface area contributed by atoms with Crippen LogP contribution in [0.4, 0.5) is 0 Å². The molecule has 0 bridgehead atoms. The lowest BCUT2D eigenvalue weighted by Gasteiger charge is -2.13. The molecule has 0 aromatic heterocycles. The van der Waals surface area contributed by atoms with Crippen LogP contribution in [0.25, 0.3) is 0 Å². The highest BCUT2D eigenvalue weighted by molar-refractivity contribution is 9.10. The molecular weight excluding hydrogens is 350 g/mol. The third-order valence-electron chi connectivity index (χ3n) is 2.90. The molecule has 0 amide bonds. The summed E-state index contributed by atoms with van der Waals surface area (Å²) in [5, 5.41) is 18.0. The summed E-state index contributed by atoms with van der Waals surface area (Å²) in [7, 11) is 0. The molecule has 0 aliphatic heterocycles. The number of nitriles is 1. The zero-order chi connectivity index (χ0) is 15.2. The zero-order valence-electron chi connectivity index (χ0n) is 11.0. The van der Waals surface area contributed by atoms with Gasteiger partial charge in [0.15, 0.2) is 0 Å². The molecule has 21 heavy (non-hydrogen) atoms. The second-order valence-electron chi connectivity index (χ2n) is 4.36. The molecule has 0 fully saturated rings. The van der Waals surface area contributed by atoms with Gasteiger partial charge in [-0.05, 0) is 40.0 Å². The van der Waals surface area contributed by atoms with Gasteiger partial charge in [0.05, 0.1) is 5.56 Å². The Labute approximate surface area is 135 Å². The fourth-order valence-corrected chi connectivity index (χ4v) is 3.57. The second-order valence-corrected chi connectivity index (χ2v) is 6.46. The van der Waals surface area contributed by atoms with E-state index in [9.17, 15) is 15.2 Å². The maximum atomic E-state index is 11.5. The highest BCUT2D eigenvalue weighted by Gasteiger charge is 2.21. The van der Waals surface area contributed by atoms with Crippen LogP contribution in [0.2, 0.25) is 0 Å². The van der Waals surface area contributed by atoms with E-state index in [1.807, 2.05) is 30.3 Å². The molecule has 0 radical (unpaired) electrons. The van der Waals surface area contributed by atoms with Gasteiger partial charge in [0.2, 0.25) is 0 Å². The van der Waals surface area contributed by atoms with Crippen molar-refractivity contribution in [2.75, 3.05) is 0 Å². The standard InChI is InChI=1S/C16H12BrNO2S/c17-13-7-4-8-14(12(13)10-18)21-15(16(19)20)9-11-5-2-1-3-6-11/h1-8,15H,9H2,(H,19,20). The van der Waals surface area contributed by atoms with Crippen molar-refractivity contribution >= 4 is 33.7 Å². The maximum Gasteiger partial charge on any atom is 0.317 e. The topological polar surface area (TPSA) is 61.1 Å². The van der Waals surface area contributed by atoms with Gasteiger partial charge in [-0.15, -0.1) is 11.8 Å². The predicted molar refractivity (Wildman–Crippen MR) is 86.3 cm³/mol. The van der Waals surface area contributed by atoms with Crippen LogP contribution in [0.5, 0.6) is 0 Å². The molecule has 0 aliphatic carbocycles. The van der Waals surface area contributed by atoms with E-state index in [0.717, 1.165) is 5.56 Å². The fraction of sp³-hybridized carbons (Fsp3) is 0.125. The number of benzene rings is 2. The number of hydrogen-bond donors (Lipinski definition) is 1. The van der Waals surface area contributed by atoms with E-state index in [1.54, 1.807) is 18.2 Å². The van der Waals surface area contributed by atoms with Crippen molar-refractivity contribution in [3.8, 4) is 6.07 Å². The lowest BCUT2D eigenvalue weighted by molar-refractivity contribution is -0.136. The van der Waals surface area contributed by atoms with Crippen molar-refractivity contribution in [3.63, 3.8) is 0 Å². The number of rotatable bonds is 5. The number of carbonyl (C=O) groups is 1. The van der Waals surface area contributed by atoms with Gasteiger partial charge in [-0.1, -0.05) is 36.4 Å². The monoisotopic (exact) mass is 361 g/mol. The number of carboxylic acids is 1. The summed E-state index contributed by atoms with van der Waals surface area (Å²) in [6, 6.07) is 16.9. The molecule has 2 aromatic rings. The Morgan fingerprint density at radius 2 is 1.95 bits per heavy atom. The average Bonchev–Trinajstić information content (AvgIpc) is 2.48. The average molecular weight is 362 g/mol. The fourth-order valence-electron chi connectivity index (χ4n) is 1.87. The molecule has 0 heterocycles. The molecular formula is C16H12BrNO2S. The maximum absolute atomic E-state index is 11.5.